The summed E-state index contributed by atoms with van der Waals surface area (Å²) in [4.78, 5) is 11.6. The zero-order valence-electron chi connectivity index (χ0n) is 6.34. The van der Waals surface area contributed by atoms with Crippen molar-refractivity contribution in [3.63, 3.8) is 0 Å². The largest absolute Gasteiger partial charge is 0.298 e. The van der Waals surface area contributed by atoms with E-state index in [1.165, 1.54) is 17.8 Å². The van der Waals surface area contributed by atoms with Gasteiger partial charge in [0.25, 0.3) is 0 Å². The van der Waals surface area contributed by atoms with Crippen LogP contribution in [0.2, 0.25) is 0 Å². The second-order valence-corrected chi connectivity index (χ2v) is 3.72. The van der Waals surface area contributed by atoms with Crippen molar-refractivity contribution in [1.82, 2.24) is 0 Å². The molecule has 0 aromatic heterocycles. The van der Waals surface area contributed by atoms with Gasteiger partial charge in [0.2, 0.25) is 0 Å². The van der Waals surface area contributed by atoms with Crippen molar-refractivity contribution in [2.24, 2.45) is 0 Å². The first-order valence-corrected chi connectivity index (χ1v) is 4.68. The maximum atomic E-state index is 13.1. The van der Waals surface area contributed by atoms with Crippen LogP contribution in [0.25, 0.3) is 0 Å². The third-order valence-electron chi connectivity index (χ3n) is 1.81. The molecule has 0 unspecified atom stereocenters. The van der Waals surface area contributed by atoms with Gasteiger partial charge in [0.15, 0.2) is 0 Å². The van der Waals surface area contributed by atoms with Crippen LogP contribution in [0.3, 0.4) is 0 Å². The summed E-state index contributed by atoms with van der Waals surface area (Å²) in [6.07, 6.45) is 0.389. The van der Waals surface area contributed by atoms with Crippen LogP contribution in [0.15, 0.2) is 23.1 Å². The van der Waals surface area contributed by atoms with Crippen LogP contribution in [0.5, 0.6) is 0 Å². The third kappa shape index (κ3) is 1.25. The Kier molecular flexibility index (Phi) is 1.89. The van der Waals surface area contributed by atoms with Crippen molar-refractivity contribution in [2.75, 3.05) is 5.75 Å². The third-order valence-corrected chi connectivity index (χ3v) is 3.03. The molecule has 1 aliphatic heterocycles. The Morgan fingerprint density at radius 2 is 2.25 bits per heavy atom. The average molecular weight is 182 g/mol. The molecule has 2 rings (SSSR count). The molecule has 0 amide bonds. The van der Waals surface area contributed by atoms with E-state index in [-0.39, 0.29) is 11.6 Å². The first-order valence-electron chi connectivity index (χ1n) is 3.69. The minimum Gasteiger partial charge on any atom is -0.298 e. The van der Waals surface area contributed by atoms with Crippen molar-refractivity contribution in [1.29, 1.82) is 0 Å². The van der Waals surface area contributed by atoms with Crippen LogP contribution in [0.4, 0.5) is 4.39 Å². The molecule has 0 N–H and O–H groups in total. The van der Waals surface area contributed by atoms with Crippen molar-refractivity contribution in [2.45, 2.75) is 11.3 Å². The van der Waals surface area contributed by atoms with Gasteiger partial charge >= 0.3 is 0 Å². The Bertz CT molecular complexity index is 335. The molecule has 1 aliphatic rings. The van der Waals surface area contributed by atoms with E-state index in [1.807, 2.05) is 6.07 Å². The van der Waals surface area contributed by atoms with Crippen LogP contribution in [-0.2, 0) is 11.2 Å². The summed E-state index contributed by atoms with van der Waals surface area (Å²) in [5.74, 6) is 0.386. The Balaban J connectivity index is 2.48. The zero-order valence-corrected chi connectivity index (χ0v) is 7.16. The van der Waals surface area contributed by atoms with Crippen molar-refractivity contribution in [3.8, 4) is 0 Å². The normalized spacial score (nSPS) is 15.9. The number of carbonyl (C=O) groups is 1. The second kappa shape index (κ2) is 2.90. The molecular weight excluding hydrogens is 175 g/mol. The number of hydrogen-bond acceptors (Lipinski definition) is 2. The lowest BCUT2D eigenvalue weighted by molar-refractivity contribution is -0.116. The fraction of sp³-hybridized carbons (Fsp3) is 0.222. The Labute approximate surface area is 74.0 Å². The molecule has 0 radical (unpaired) electrons. The molecule has 3 heteroatoms. The van der Waals surface area contributed by atoms with Crippen LogP contribution >= 0.6 is 11.8 Å². The molecule has 1 nitrogen and oxygen atoms in total. The predicted octanol–water partition coefficient (Wildman–Crippen LogP) is 2.04. The summed E-state index contributed by atoms with van der Waals surface area (Å²) in [6, 6.07) is 4.89. The Morgan fingerprint density at radius 1 is 1.42 bits per heavy atom. The predicted molar refractivity (Wildman–Crippen MR) is 45.8 cm³/mol. The summed E-state index contributed by atoms with van der Waals surface area (Å²) < 4.78 is 13.1. The van der Waals surface area contributed by atoms with E-state index in [0.717, 1.165) is 5.56 Å². The number of halogens is 1. The second-order valence-electron chi connectivity index (χ2n) is 2.73. The van der Waals surface area contributed by atoms with Crippen LogP contribution in [-0.4, -0.2) is 11.5 Å². The summed E-state index contributed by atoms with van der Waals surface area (Å²) in [5.41, 5.74) is 0.830. The zero-order chi connectivity index (χ0) is 8.55. The highest BCUT2D eigenvalue weighted by Crippen LogP contribution is 2.30. The van der Waals surface area contributed by atoms with Gasteiger partial charge in [-0.2, -0.15) is 0 Å². The summed E-state index contributed by atoms with van der Waals surface area (Å²) in [7, 11) is 0. The lowest BCUT2D eigenvalue weighted by Gasteiger charge is -2.13. The first-order chi connectivity index (χ1) is 5.77. The maximum Gasteiger partial charge on any atom is 0.147 e. The van der Waals surface area contributed by atoms with Crippen molar-refractivity contribution >= 4 is 17.5 Å². The van der Waals surface area contributed by atoms with Gasteiger partial charge < -0.3 is 0 Å². The smallest absolute Gasteiger partial charge is 0.147 e. The molecule has 0 atom stereocenters. The number of fused-ring (bicyclic) bond motifs is 1. The molecule has 62 valence electrons. The minimum atomic E-state index is -0.204. The van der Waals surface area contributed by atoms with Gasteiger partial charge in [-0.15, -0.1) is 11.8 Å². The van der Waals surface area contributed by atoms with Gasteiger partial charge in [-0.05, 0) is 11.6 Å². The molecule has 0 saturated heterocycles. The SMILES string of the molecule is O=C1CSc2c(F)cccc2C1. The highest BCUT2D eigenvalue weighted by atomic mass is 32.2. The highest BCUT2D eigenvalue weighted by molar-refractivity contribution is 8.00. The number of Topliss-reactive ketones (excluding diaryl/α,β-unsaturated/α-hetero) is 1. The molecular formula is C9H7FOS. The van der Waals surface area contributed by atoms with E-state index in [1.54, 1.807) is 6.07 Å². The summed E-state index contributed by atoms with van der Waals surface area (Å²) in [5, 5.41) is 0. The van der Waals surface area contributed by atoms with Gasteiger partial charge in [0.1, 0.15) is 11.6 Å². The lowest BCUT2D eigenvalue weighted by Crippen LogP contribution is -2.12. The quantitative estimate of drug-likeness (QED) is 0.610. The van der Waals surface area contributed by atoms with E-state index < -0.39 is 0 Å². The van der Waals surface area contributed by atoms with E-state index in [2.05, 4.69) is 0 Å². The van der Waals surface area contributed by atoms with E-state index >= 15 is 0 Å². The molecule has 12 heavy (non-hydrogen) atoms. The van der Waals surface area contributed by atoms with E-state index in [4.69, 9.17) is 0 Å². The monoisotopic (exact) mass is 182 g/mol. The number of thioether (sulfide) groups is 1. The summed E-state index contributed by atoms with van der Waals surface area (Å²) >= 11 is 1.30. The van der Waals surface area contributed by atoms with Gasteiger partial charge in [0.05, 0.1) is 5.75 Å². The average Bonchev–Trinajstić information content (AvgIpc) is 2.04. The lowest BCUT2D eigenvalue weighted by atomic mass is 10.1. The topological polar surface area (TPSA) is 17.1 Å². The number of benzene rings is 1. The number of hydrogen-bond donors (Lipinski definition) is 0. The standard InChI is InChI=1S/C9H7FOS/c10-8-3-1-2-6-4-7(11)5-12-9(6)8/h1-3H,4-5H2. The molecule has 1 aromatic rings. The minimum absolute atomic E-state index is 0.179. The van der Waals surface area contributed by atoms with Crippen molar-refractivity contribution in [3.05, 3.63) is 29.6 Å². The molecule has 0 aliphatic carbocycles. The number of rotatable bonds is 0. The number of ketones is 1. The van der Waals surface area contributed by atoms with Crippen molar-refractivity contribution < 1.29 is 9.18 Å². The van der Waals surface area contributed by atoms with Crippen LogP contribution in [0, 0.1) is 5.82 Å². The molecule has 0 bridgehead atoms. The van der Waals surface area contributed by atoms with Gasteiger partial charge in [-0.1, -0.05) is 12.1 Å². The van der Waals surface area contributed by atoms with Gasteiger partial charge in [-0.3, -0.25) is 4.79 Å². The van der Waals surface area contributed by atoms with Gasteiger partial charge in [-0.25, -0.2) is 4.39 Å². The van der Waals surface area contributed by atoms with Crippen LogP contribution in [0.1, 0.15) is 5.56 Å². The maximum absolute atomic E-state index is 13.1. The Morgan fingerprint density at radius 3 is 3.08 bits per heavy atom. The Hall–Kier alpha value is -0.830. The molecule has 0 saturated carbocycles. The molecule has 1 heterocycles. The van der Waals surface area contributed by atoms with E-state index in [9.17, 15) is 9.18 Å². The summed E-state index contributed by atoms with van der Waals surface area (Å²) in [6.45, 7) is 0. The fourth-order valence-corrected chi connectivity index (χ4v) is 2.21. The van der Waals surface area contributed by atoms with Gasteiger partial charge in [0, 0.05) is 11.3 Å². The fourth-order valence-electron chi connectivity index (χ4n) is 1.27. The molecule has 1 aromatic carbocycles. The molecule has 0 fully saturated rings. The molecule has 0 spiro atoms. The van der Waals surface area contributed by atoms with E-state index in [0.29, 0.717) is 17.1 Å². The first kappa shape index (κ1) is 7.80. The number of carbonyl (C=O) groups excluding carboxylic acids is 1. The highest BCUT2D eigenvalue weighted by Gasteiger charge is 2.18. The van der Waals surface area contributed by atoms with Crippen LogP contribution < -0.4 is 0 Å².